The van der Waals surface area contributed by atoms with E-state index in [0.717, 1.165) is 23.7 Å². The summed E-state index contributed by atoms with van der Waals surface area (Å²) in [4.78, 5) is 11.2. The standard InChI is InChI=1S/C17H22N4/c1-12(2)16-9-17(20-11-19-16)21(15-6-7-15)10-13-4-3-5-14(18)8-13/h3-5,8-9,11-12,15H,6-7,10,18H2,1-2H3. The zero-order valence-electron chi connectivity index (χ0n) is 12.7. The van der Waals surface area contributed by atoms with Gasteiger partial charge in [-0.3, -0.25) is 0 Å². The van der Waals surface area contributed by atoms with Crippen molar-refractivity contribution < 1.29 is 0 Å². The maximum Gasteiger partial charge on any atom is 0.132 e. The van der Waals surface area contributed by atoms with Crippen molar-refractivity contribution in [1.29, 1.82) is 0 Å². The van der Waals surface area contributed by atoms with Crippen LogP contribution >= 0.6 is 0 Å². The molecule has 3 rings (SSSR count). The molecule has 1 saturated carbocycles. The highest BCUT2D eigenvalue weighted by molar-refractivity contribution is 5.46. The SMILES string of the molecule is CC(C)c1cc(N(Cc2cccc(N)c2)C2CC2)ncn1. The Kier molecular flexibility index (Phi) is 3.78. The van der Waals surface area contributed by atoms with Crippen LogP contribution in [0.3, 0.4) is 0 Å². The quantitative estimate of drug-likeness (QED) is 0.854. The molecule has 2 aromatic rings. The highest BCUT2D eigenvalue weighted by Crippen LogP contribution is 2.32. The second-order valence-electron chi connectivity index (χ2n) is 6.06. The van der Waals surface area contributed by atoms with Gasteiger partial charge in [-0.15, -0.1) is 0 Å². The molecule has 2 N–H and O–H groups in total. The molecule has 0 spiro atoms. The van der Waals surface area contributed by atoms with E-state index in [2.05, 4.69) is 40.8 Å². The molecule has 0 saturated heterocycles. The number of benzene rings is 1. The summed E-state index contributed by atoms with van der Waals surface area (Å²) in [6.07, 6.45) is 4.16. The average Bonchev–Trinajstić information content (AvgIpc) is 3.29. The number of hydrogen-bond acceptors (Lipinski definition) is 4. The van der Waals surface area contributed by atoms with Gasteiger partial charge < -0.3 is 10.6 Å². The van der Waals surface area contributed by atoms with Crippen molar-refractivity contribution in [3.05, 3.63) is 47.9 Å². The fourth-order valence-electron chi connectivity index (χ4n) is 2.51. The van der Waals surface area contributed by atoms with Crippen molar-refractivity contribution in [2.75, 3.05) is 10.6 Å². The van der Waals surface area contributed by atoms with E-state index in [1.165, 1.54) is 18.4 Å². The minimum atomic E-state index is 0.417. The van der Waals surface area contributed by atoms with Gasteiger partial charge in [-0.05, 0) is 36.5 Å². The lowest BCUT2D eigenvalue weighted by Gasteiger charge is -2.24. The van der Waals surface area contributed by atoms with Gasteiger partial charge in [0.15, 0.2) is 0 Å². The molecule has 4 heteroatoms. The van der Waals surface area contributed by atoms with Crippen LogP contribution in [0.1, 0.15) is 43.9 Å². The summed E-state index contributed by atoms with van der Waals surface area (Å²) in [5.74, 6) is 1.44. The van der Waals surface area contributed by atoms with E-state index in [1.54, 1.807) is 6.33 Å². The van der Waals surface area contributed by atoms with Gasteiger partial charge in [0.25, 0.3) is 0 Å². The summed E-state index contributed by atoms with van der Waals surface area (Å²) in [6.45, 7) is 5.17. The summed E-state index contributed by atoms with van der Waals surface area (Å²) in [5, 5.41) is 0. The zero-order valence-corrected chi connectivity index (χ0v) is 12.7. The third-order valence-corrected chi connectivity index (χ3v) is 3.85. The van der Waals surface area contributed by atoms with Crippen molar-refractivity contribution in [2.24, 2.45) is 0 Å². The van der Waals surface area contributed by atoms with Gasteiger partial charge in [0.2, 0.25) is 0 Å². The number of nitrogens with zero attached hydrogens (tertiary/aromatic N) is 3. The number of nitrogens with two attached hydrogens (primary N) is 1. The first-order valence-electron chi connectivity index (χ1n) is 7.56. The largest absolute Gasteiger partial charge is 0.399 e. The molecule has 0 amide bonds. The van der Waals surface area contributed by atoms with Gasteiger partial charge in [-0.25, -0.2) is 9.97 Å². The van der Waals surface area contributed by atoms with Crippen molar-refractivity contribution in [1.82, 2.24) is 9.97 Å². The first kappa shape index (κ1) is 13.9. The fourth-order valence-corrected chi connectivity index (χ4v) is 2.51. The van der Waals surface area contributed by atoms with E-state index in [-0.39, 0.29) is 0 Å². The summed E-state index contributed by atoms with van der Waals surface area (Å²) < 4.78 is 0. The molecule has 1 aromatic carbocycles. The minimum Gasteiger partial charge on any atom is -0.399 e. The van der Waals surface area contributed by atoms with E-state index in [1.807, 2.05) is 18.2 Å². The Hall–Kier alpha value is -2.10. The second kappa shape index (κ2) is 5.72. The molecule has 1 fully saturated rings. The van der Waals surface area contributed by atoms with Gasteiger partial charge in [-0.1, -0.05) is 26.0 Å². The van der Waals surface area contributed by atoms with Crippen LogP contribution < -0.4 is 10.6 Å². The molecule has 0 bridgehead atoms. The first-order valence-corrected chi connectivity index (χ1v) is 7.56. The monoisotopic (exact) mass is 282 g/mol. The molecule has 21 heavy (non-hydrogen) atoms. The number of aromatic nitrogens is 2. The van der Waals surface area contributed by atoms with E-state index in [9.17, 15) is 0 Å². The Labute approximate surface area is 126 Å². The van der Waals surface area contributed by atoms with E-state index >= 15 is 0 Å². The molecule has 4 nitrogen and oxygen atoms in total. The van der Waals surface area contributed by atoms with Crippen LogP contribution in [0.4, 0.5) is 11.5 Å². The molecule has 0 radical (unpaired) electrons. The number of anilines is 2. The first-order chi connectivity index (χ1) is 10.1. The molecule has 1 aliphatic rings. The Morgan fingerprint density at radius 2 is 2.05 bits per heavy atom. The molecule has 0 aliphatic heterocycles. The van der Waals surface area contributed by atoms with Crippen LogP contribution in [0.2, 0.25) is 0 Å². The Morgan fingerprint density at radius 1 is 1.24 bits per heavy atom. The molecule has 110 valence electrons. The van der Waals surface area contributed by atoms with Gasteiger partial charge in [0, 0.05) is 30.0 Å². The van der Waals surface area contributed by atoms with Gasteiger partial charge in [0.1, 0.15) is 12.1 Å². The lowest BCUT2D eigenvalue weighted by atomic mass is 10.1. The maximum absolute atomic E-state index is 5.88. The molecule has 1 aliphatic carbocycles. The van der Waals surface area contributed by atoms with Crippen LogP contribution in [-0.4, -0.2) is 16.0 Å². The van der Waals surface area contributed by atoms with Gasteiger partial charge >= 0.3 is 0 Å². The Balaban J connectivity index is 1.86. The highest BCUT2D eigenvalue weighted by atomic mass is 15.2. The van der Waals surface area contributed by atoms with E-state index in [4.69, 9.17) is 5.73 Å². The third-order valence-electron chi connectivity index (χ3n) is 3.85. The molecule has 1 aromatic heterocycles. The van der Waals surface area contributed by atoms with Crippen molar-refractivity contribution in [3.8, 4) is 0 Å². The predicted octanol–water partition coefficient (Wildman–Crippen LogP) is 3.35. The van der Waals surface area contributed by atoms with Crippen LogP contribution in [0.15, 0.2) is 36.7 Å². The molecular formula is C17H22N4. The smallest absolute Gasteiger partial charge is 0.132 e. The zero-order chi connectivity index (χ0) is 14.8. The summed E-state index contributed by atoms with van der Waals surface area (Å²) >= 11 is 0. The average molecular weight is 282 g/mol. The van der Waals surface area contributed by atoms with Gasteiger partial charge in [0.05, 0.1) is 0 Å². The highest BCUT2D eigenvalue weighted by Gasteiger charge is 2.30. The van der Waals surface area contributed by atoms with E-state index in [0.29, 0.717) is 12.0 Å². The van der Waals surface area contributed by atoms with Crippen LogP contribution in [0, 0.1) is 0 Å². The van der Waals surface area contributed by atoms with Crippen LogP contribution in [-0.2, 0) is 6.54 Å². The van der Waals surface area contributed by atoms with Crippen molar-refractivity contribution in [2.45, 2.75) is 45.2 Å². The maximum atomic E-state index is 5.88. The minimum absolute atomic E-state index is 0.417. The molecular weight excluding hydrogens is 260 g/mol. The predicted molar refractivity (Wildman–Crippen MR) is 86.2 cm³/mol. The normalized spacial score (nSPS) is 14.4. The van der Waals surface area contributed by atoms with E-state index < -0.39 is 0 Å². The Morgan fingerprint density at radius 3 is 2.71 bits per heavy atom. The lowest BCUT2D eigenvalue weighted by Crippen LogP contribution is -2.26. The van der Waals surface area contributed by atoms with Crippen molar-refractivity contribution in [3.63, 3.8) is 0 Å². The summed E-state index contributed by atoms with van der Waals surface area (Å²) in [7, 11) is 0. The van der Waals surface area contributed by atoms with Crippen LogP contribution in [0.25, 0.3) is 0 Å². The summed E-state index contributed by atoms with van der Waals surface area (Å²) in [5.41, 5.74) is 9.02. The molecule has 1 heterocycles. The topological polar surface area (TPSA) is 55.0 Å². The number of rotatable bonds is 5. The number of nitrogen functional groups attached to an aromatic ring is 1. The van der Waals surface area contributed by atoms with Crippen LogP contribution in [0.5, 0.6) is 0 Å². The fraction of sp³-hybridized carbons (Fsp3) is 0.412. The van der Waals surface area contributed by atoms with Crippen molar-refractivity contribution >= 4 is 11.5 Å². The van der Waals surface area contributed by atoms with Gasteiger partial charge in [-0.2, -0.15) is 0 Å². The second-order valence-corrected chi connectivity index (χ2v) is 6.06. The lowest BCUT2D eigenvalue weighted by molar-refractivity contribution is 0.758. The molecule has 0 atom stereocenters. The Bertz CT molecular complexity index is 620. The molecule has 0 unspecified atom stereocenters. The third kappa shape index (κ3) is 3.32. The number of hydrogen-bond donors (Lipinski definition) is 1. The summed E-state index contributed by atoms with van der Waals surface area (Å²) in [6, 6.07) is 10.8.